The van der Waals surface area contributed by atoms with Gasteiger partial charge in [-0.25, -0.2) is 0 Å². The maximum Gasteiger partial charge on any atom is 0.143 e. The molecule has 2 nitrogen and oxygen atoms in total. The smallest absolute Gasteiger partial charge is 0.143 e. The van der Waals surface area contributed by atoms with E-state index in [4.69, 9.17) is 4.42 Å². The Morgan fingerprint density at radius 2 is 0.797 bits per heavy atom. The van der Waals surface area contributed by atoms with Crippen LogP contribution < -0.4 is 4.90 Å². The van der Waals surface area contributed by atoms with Crippen LogP contribution in [0.4, 0.5) is 17.1 Å². The molecule has 0 aliphatic rings. The summed E-state index contributed by atoms with van der Waals surface area (Å²) in [6, 6.07) is 82.6. The van der Waals surface area contributed by atoms with E-state index in [1.165, 1.54) is 86.5 Å². The molecule has 2 heteroatoms. The van der Waals surface area contributed by atoms with Crippen molar-refractivity contribution in [3.8, 4) is 22.3 Å². The monoisotopic (exact) mass is 811 g/mol. The highest BCUT2D eigenvalue weighted by atomic mass is 16.3. The topological polar surface area (TPSA) is 16.4 Å². The Bertz CT molecular complexity index is 4180. The highest BCUT2D eigenvalue weighted by Gasteiger charge is 2.21. The van der Waals surface area contributed by atoms with Crippen molar-refractivity contribution in [2.24, 2.45) is 0 Å². The molecule has 1 aromatic heterocycles. The first-order valence-corrected chi connectivity index (χ1v) is 22.1. The molecule has 296 valence electrons. The fraction of sp³-hybridized carbons (Fsp3) is 0. The van der Waals surface area contributed by atoms with Crippen molar-refractivity contribution < 1.29 is 4.42 Å². The molecule has 0 atom stereocenters. The lowest BCUT2D eigenvalue weighted by atomic mass is 9.87. The molecule has 0 saturated carbocycles. The van der Waals surface area contributed by atoms with Gasteiger partial charge in [0.15, 0.2) is 0 Å². The summed E-state index contributed by atoms with van der Waals surface area (Å²) in [6.07, 6.45) is 0. The zero-order chi connectivity index (χ0) is 41.9. The molecule has 1 heterocycles. The van der Waals surface area contributed by atoms with Gasteiger partial charge in [-0.15, -0.1) is 0 Å². The second-order valence-electron chi connectivity index (χ2n) is 17.2. The molecule has 0 spiro atoms. The largest absolute Gasteiger partial charge is 0.455 e. The first kappa shape index (κ1) is 35.2. The Hall–Kier alpha value is -8.46. The molecule has 0 bridgehead atoms. The maximum absolute atomic E-state index is 6.60. The van der Waals surface area contributed by atoms with E-state index in [0.29, 0.717) is 0 Å². The van der Waals surface area contributed by atoms with Gasteiger partial charge in [0.05, 0.1) is 0 Å². The minimum absolute atomic E-state index is 0.898. The quantitative estimate of drug-likeness (QED) is 0.161. The van der Waals surface area contributed by atoms with E-state index in [2.05, 4.69) is 223 Å². The molecular formula is C62H37NO. The number of para-hydroxylation sites is 2. The fourth-order valence-corrected chi connectivity index (χ4v) is 10.9. The van der Waals surface area contributed by atoms with Crippen LogP contribution in [0.2, 0.25) is 0 Å². The first-order valence-electron chi connectivity index (χ1n) is 22.1. The number of hydrogen-bond donors (Lipinski definition) is 0. The molecule has 0 N–H and O–H groups in total. The van der Waals surface area contributed by atoms with Crippen LogP contribution in [0.1, 0.15) is 0 Å². The molecule has 0 amide bonds. The average Bonchev–Trinajstić information content (AvgIpc) is 3.74. The number of furan rings is 1. The number of nitrogens with zero attached hydrogens (tertiary/aromatic N) is 1. The molecule has 14 aromatic rings. The summed E-state index contributed by atoms with van der Waals surface area (Å²) in [5.41, 5.74) is 9.61. The van der Waals surface area contributed by atoms with Gasteiger partial charge in [0.2, 0.25) is 0 Å². The van der Waals surface area contributed by atoms with Crippen molar-refractivity contribution in [2.45, 2.75) is 0 Å². The van der Waals surface area contributed by atoms with Crippen LogP contribution in [0, 0.1) is 0 Å². The van der Waals surface area contributed by atoms with E-state index in [-0.39, 0.29) is 0 Å². The third-order valence-corrected chi connectivity index (χ3v) is 13.7. The summed E-state index contributed by atoms with van der Waals surface area (Å²) >= 11 is 0. The van der Waals surface area contributed by atoms with E-state index in [1.807, 2.05) is 6.07 Å². The lowest BCUT2D eigenvalue weighted by molar-refractivity contribution is 0.670. The standard InChI is InChI=1S/C62H37NO/c1-2-18-48-38(11-1)12-6-20-49(48)39-31-33-45(34-32-39)63(46-17-5-16-43(35-46)50-21-10-25-55-51-19-3-4-26-57(51)64-62(50)55)47-36-44-30-29-42-14-8-23-53-52-22-7-13-40-27-28-41-15-9-24-54(60(41)58(40)52)56(37-47)61(44)59(42)53/h1-37H. The minimum atomic E-state index is 0.898. The Morgan fingerprint density at radius 3 is 1.55 bits per heavy atom. The van der Waals surface area contributed by atoms with E-state index < -0.39 is 0 Å². The van der Waals surface area contributed by atoms with Gasteiger partial charge in [0, 0.05) is 33.4 Å². The molecule has 0 aliphatic heterocycles. The van der Waals surface area contributed by atoms with Crippen molar-refractivity contribution >= 4 is 114 Å². The second kappa shape index (κ2) is 13.5. The van der Waals surface area contributed by atoms with E-state index >= 15 is 0 Å². The fourth-order valence-electron chi connectivity index (χ4n) is 10.9. The summed E-state index contributed by atoms with van der Waals surface area (Å²) < 4.78 is 6.60. The molecular weight excluding hydrogens is 775 g/mol. The van der Waals surface area contributed by atoms with E-state index in [0.717, 1.165) is 50.1 Å². The predicted molar refractivity (Wildman–Crippen MR) is 273 cm³/mol. The SMILES string of the molecule is c1cc(-c2cccc3c2oc2ccccc23)cc(N(c2ccc(-c3cccc4ccccc34)cc2)c2cc3ccc4cccc5c6cccc7ccc8cccc(c(c2)c3c45)c8c76)c1. The molecule has 0 radical (unpaired) electrons. The molecule has 14 rings (SSSR count). The third-order valence-electron chi connectivity index (χ3n) is 13.7. The summed E-state index contributed by atoms with van der Waals surface area (Å²) in [5, 5.41) is 19.9. The van der Waals surface area contributed by atoms with Crippen LogP contribution in [0.3, 0.4) is 0 Å². The number of anilines is 3. The predicted octanol–water partition coefficient (Wildman–Crippen LogP) is 17.9. The maximum atomic E-state index is 6.60. The van der Waals surface area contributed by atoms with Gasteiger partial charge in [0.25, 0.3) is 0 Å². The lowest BCUT2D eigenvalue weighted by Gasteiger charge is -2.27. The van der Waals surface area contributed by atoms with Gasteiger partial charge in [-0.3, -0.25) is 0 Å². The van der Waals surface area contributed by atoms with Crippen molar-refractivity contribution in [3.05, 3.63) is 224 Å². The van der Waals surface area contributed by atoms with Crippen LogP contribution in [-0.2, 0) is 0 Å². The minimum Gasteiger partial charge on any atom is -0.455 e. The molecule has 0 saturated heterocycles. The van der Waals surface area contributed by atoms with Crippen molar-refractivity contribution in [1.29, 1.82) is 0 Å². The molecule has 64 heavy (non-hydrogen) atoms. The van der Waals surface area contributed by atoms with E-state index in [9.17, 15) is 0 Å². The molecule has 0 unspecified atom stereocenters. The summed E-state index contributed by atoms with van der Waals surface area (Å²) in [5.74, 6) is 0. The van der Waals surface area contributed by atoms with Gasteiger partial charge in [-0.1, -0.05) is 182 Å². The average molecular weight is 812 g/mol. The number of hydrogen-bond acceptors (Lipinski definition) is 2. The van der Waals surface area contributed by atoms with Gasteiger partial charge >= 0.3 is 0 Å². The van der Waals surface area contributed by atoms with Gasteiger partial charge in [-0.05, 0) is 135 Å². The zero-order valence-corrected chi connectivity index (χ0v) is 34.7. The Labute approximate surface area is 368 Å². The highest BCUT2D eigenvalue weighted by Crippen LogP contribution is 2.47. The van der Waals surface area contributed by atoms with E-state index in [1.54, 1.807) is 0 Å². The van der Waals surface area contributed by atoms with Crippen molar-refractivity contribution in [1.82, 2.24) is 0 Å². The van der Waals surface area contributed by atoms with Crippen LogP contribution in [0.25, 0.3) is 120 Å². The normalized spacial score (nSPS) is 12.1. The molecule has 13 aromatic carbocycles. The molecule has 0 fully saturated rings. The third kappa shape index (κ3) is 5.14. The Morgan fingerprint density at radius 1 is 0.266 bits per heavy atom. The van der Waals surface area contributed by atoms with Gasteiger partial charge in [-0.2, -0.15) is 0 Å². The van der Waals surface area contributed by atoms with Crippen LogP contribution >= 0.6 is 0 Å². The van der Waals surface area contributed by atoms with Crippen LogP contribution in [0.15, 0.2) is 229 Å². The van der Waals surface area contributed by atoms with Gasteiger partial charge in [0.1, 0.15) is 11.2 Å². The first-order chi connectivity index (χ1) is 31.7. The number of rotatable bonds is 5. The van der Waals surface area contributed by atoms with Crippen molar-refractivity contribution in [2.75, 3.05) is 4.90 Å². The number of benzene rings is 12. The summed E-state index contributed by atoms with van der Waals surface area (Å²) in [7, 11) is 0. The zero-order valence-electron chi connectivity index (χ0n) is 34.7. The number of fused-ring (bicyclic) bond motifs is 6. The second-order valence-corrected chi connectivity index (χ2v) is 17.2. The lowest BCUT2D eigenvalue weighted by Crippen LogP contribution is -2.10. The van der Waals surface area contributed by atoms with Crippen LogP contribution in [0.5, 0.6) is 0 Å². The summed E-state index contributed by atoms with van der Waals surface area (Å²) in [4.78, 5) is 2.44. The highest BCUT2D eigenvalue weighted by molar-refractivity contribution is 6.37. The van der Waals surface area contributed by atoms with Gasteiger partial charge < -0.3 is 9.32 Å². The van der Waals surface area contributed by atoms with Crippen LogP contribution in [-0.4, -0.2) is 0 Å². The summed E-state index contributed by atoms with van der Waals surface area (Å²) in [6.45, 7) is 0. The molecule has 0 aliphatic carbocycles. The van der Waals surface area contributed by atoms with Crippen molar-refractivity contribution in [3.63, 3.8) is 0 Å². The Balaban J connectivity index is 1.06. The Kier molecular flexibility index (Phi) is 7.43.